The van der Waals surface area contributed by atoms with Crippen molar-refractivity contribution in [1.82, 2.24) is 5.23 Å². The Bertz CT molecular complexity index is 425. The molecule has 1 radical (unpaired) electrons. The Kier molecular flexibility index (Phi) is 11.3. The number of unbranched alkanes of at least 4 members (excludes halogenated alkanes) is 4. The van der Waals surface area contributed by atoms with Gasteiger partial charge in [-0.15, -0.1) is 0 Å². The normalized spacial score (nSPS) is 9.62. The molecule has 0 aliphatic heterocycles. The number of hydroxylamine groups is 2. The molecule has 0 bridgehead atoms. The largest absolute Gasteiger partial charge is 0.335 e. The van der Waals surface area contributed by atoms with Crippen molar-refractivity contribution in [3.8, 4) is 0 Å². The molecule has 5 nitrogen and oxygen atoms in total. The van der Waals surface area contributed by atoms with Crippen molar-refractivity contribution in [3.05, 3.63) is 35.9 Å². The Morgan fingerprint density at radius 2 is 1.71 bits per heavy atom. The van der Waals surface area contributed by atoms with Gasteiger partial charge in [-0.3, -0.25) is 10.0 Å². The summed E-state index contributed by atoms with van der Waals surface area (Å²) < 4.78 is 0. The summed E-state index contributed by atoms with van der Waals surface area (Å²) in [6.07, 6.45) is 5.21. The molecule has 0 saturated carbocycles. The van der Waals surface area contributed by atoms with E-state index in [1.165, 1.54) is 12.1 Å². The molecule has 0 spiro atoms. The maximum absolute atomic E-state index is 11.7. The van der Waals surface area contributed by atoms with E-state index in [0.717, 1.165) is 25.7 Å². The number of carbonyl (C=O) groups excluding carboxylic acids is 2. The zero-order valence-electron chi connectivity index (χ0n) is 12.7. The number of hydrogen-bond donors (Lipinski definition) is 1. The van der Waals surface area contributed by atoms with Gasteiger partial charge in [-0.05, 0) is 23.8 Å². The quantitative estimate of drug-likeness (QED) is 0.364. The first kappa shape index (κ1) is 20.1. The molecule has 0 atom stereocenters. The third kappa shape index (κ3) is 8.21. The molecule has 111 valence electrons. The van der Waals surface area contributed by atoms with Crippen LogP contribution in [0.4, 0.5) is 0 Å². The molecule has 1 rings (SSSR count). The van der Waals surface area contributed by atoms with Gasteiger partial charge < -0.3 is 4.84 Å². The third-order valence-corrected chi connectivity index (χ3v) is 2.87. The number of hydrogen-bond acceptors (Lipinski definition) is 4. The zero-order chi connectivity index (χ0) is 14.8. The smallest absolute Gasteiger partial charge is 0.312 e. The van der Waals surface area contributed by atoms with Gasteiger partial charge in [0, 0.05) is 41.5 Å². The molecule has 0 fully saturated rings. The van der Waals surface area contributed by atoms with Crippen LogP contribution in [-0.4, -0.2) is 51.9 Å². The summed E-state index contributed by atoms with van der Waals surface area (Å²) in [5.74, 6) is -1.36. The SMILES string of the molecule is CCCCCCCC(=O)ON(O)C(=O)c1ccccc1.[Na]. The van der Waals surface area contributed by atoms with Crippen LogP contribution < -0.4 is 0 Å². The number of benzene rings is 1. The fourth-order valence-corrected chi connectivity index (χ4v) is 1.75. The molecule has 0 heterocycles. The molecule has 21 heavy (non-hydrogen) atoms. The van der Waals surface area contributed by atoms with Crippen LogP contribution in [0.5, 0.6) is 0 Å². The van der Waals surface area contributed by atoms with Gasteiger partial charge in [0.25, 0.3) is 0 Å². The van der Waals surface area contributed by atoms with Crippen LogP contribution in [0.3, 0.4) is 0 Å². The Morgan fingerprint density at radius 1 is 1.10 bits per heavy atom. The molecule has 1 amide bonds. The van der Waals surface area contributed by atoms with Gasteiger partial charge in [-0.25, -0.2) is 4.79 Å². The summed E-state index contributed by atoms with van der Waals surface area (Å²) in [7, 11) is 0. The van der Waals surface area contributed by atoms with Gasteiger partial charge >= 0.3 is 11.9 Å². The van der Waals surface area contributed by atoms with Crippen LogP contribution in [0.1, 0.15) is 55.8 Å². The number of amides is 1. The molecular formula is C15H21NNaO4. The molecule has 0 saturated heterocycles. The van der Waals surface area contributed by atoms with Crippen LogP contribution in [0, 0.1) is 0 Å². The van der Waals surface area contributed by atoms with Crippen molar-refractivity contribution in [2.45, 2.75) is 45.4 Å². The molecular weight excluding hydrogens is 281 g/mol. The van der Waals surface area contributed by atoms with Crippen LogP contribution >= 0.6 is 0 Å². The summed E-state index contributed by atoms with van der Waals surface area (Å²) in [6.45, 7) is 2.12. The van der Waals surface area contributed by atoms with Gasteiger partial charge in [0.2, 0.25) is 0 Å². The van der Waals surface area contributed by atoms with Crippen molar-refractivity contribution in [1.29, 1.82) is 0 Å². The second kappa shape index (κ2) is 11.7. The van der Waals surface area contributed by atoms with Crippen molar-refractivity contribution < 1.29 is 19.6 Å². The summed E-state index contributed by atoms with van der Waals surface area (Å²) in [4.78, 5) is 27.7. The summed E-state index contributed by atoms with van der Waals surface area (Å²) in [5, 5.41) is 9.43. The molecule has 0 aliphatic carbocycles. The third-order valence-electron chi connectivity index (χ3n) is 2.87. The topological polar surface area (TPSA) is 66.8 Å². The van der Waals surface area contributed by atoms with E-state index < -0.39 is 11.9 Å². The average molecular weight is 302 g/mol. The minimum Gasteiger partial charge on any atom is -0.312 e. The van der Waals surface area contributed by atoms with E-state index in [4.69, 9.17) is 0 Å². The first-order valence-electron chi connectivity index (χ1n) is 6.94. The molecule has 0 aromatic heterocycles. The minimum atomic E-state index is -0.759. The molecule has 0 unspecified atom stereocenters. The van der Waals surface area contributed by atoms with Crippen LogP contribution in [-0.2, 0) is 9.63 Å². The van der Waals surface area contributed by atoms with Crippen molar-refractivity contribution >= 4 is 41.4 Å². The van der Waals surface area contributed by atoms with E-state index in [9.17, 15) is 14.8 Å². The monoisotopic (exact) mass is 302 g/mol. The Hall–Kier alpha value is -0.880. The van der Waals surface area contributed by atoms with Crippen molar-refractivity contribution in [2.75, 3.05) is 0 Å². The zero-order valence-corrected chi connectivity index (χ0v) is 14.7. The second-order valence-corrected chi connectivity index (χ2v) is 4.57. The standard InChI is InChI=1S/C15H21NO4.Na/c1-2-3-4-5-9-12-14(17)20-16(19)15(18)13-10-7-6-8-11-13;/h6-8,10-11,19H,2-5,9,12H2,1H3;. The van der Waals surface area contributed by atoms with Gasteiger partial charge in [0.05, 0.1) is 0 Å². The van der Waals surface area contributed by atoms with E-state index in [0.29, 0.717) is 6.42 Å². The first-order chi connectivity index (χ1) is 9.65. The van der Waals surface area contributed by atoms with Crippen LogP contribution in [0.2, 0.25) is 0 Å². The van der Waals surface area contributed by atoms with Crippen LogP contribution in [0.25, 0.3) is 0 Å². The van der Waals surface area contributed by atoms with Crippen molar-refractivity contribution in [3.63, 3.8) is 0 Å². The van der Waals surface area contributed by atoms with Gasteiger partial charge in [-0.2, -0.15) is 0 Å². The predicted molar refractivity (Wildman–Crippen MR) is 79.6 cm³/mol. The molecule has 1 aromatic rings. The molecule has 6 heteroatoms. The fourth-order valence-electron chi connectivity index (χ4n) is 1.75. The van der Waals surface area contributed by atoms with E-state index >= 15 is 0 Å². The van der Waals surface area contributed by atoms with E-state index in [1.807, 2.05) is 0 Å². The summed E-state index contributed by atoms with van der Waals surface area (Å²) in [5.41, 5.74) is 0.255. The predicted octanol–water partition coefficient (Wildman–Crippen LogP) is 2.96. The number of nitrogens with zero attached hydrogens (tertiary/aromatic N) is 1. The van der Waals surface area contributed by atoms with E-state index in [-0.39, 0.29) is 46.8 Å². The Balaban J connectivity index is 0.00000400. The molecule has 1 N–H and O–H groups in total. The fraction of sp³-hybridized carbons (Fsp3) is 0.467. The van der Waals surface area contributed by atoms with Crippen LogP contribution in [0.15, 0.2) is 30.3 Å². The van der Waals surface area contributed by atoms with Gasteiger partial charge in [-0.1, -0.05) is 50.8 Å². The van der Waals surface area contributed by atoms with Crippen molar-refractivity contribution in [2.24, 2.45) is 0 Å². The average Bonchev–Trinajstić information content (AvgIpc) is 2.47. The molecule has 0 aliphatic rings. The summed E-state index contributed by atoms with van der Waals surface area (Å²) in [6, 6.07) is 8.14. The van der Waals surface area contributed by atoms with E-state index in [1.54, 1.807) is 18.2 Å². The Morgan fingerprint density at radius 3 is 2.33 bits per heavy atom. The maximum atomic E-state index is 11.7. The number of carbonyl (C=O) groups is 2. The maximum Gasteiger partial charge on any atom is 0.335 e. The summed E-state index contributed by atoms with van der Waals surface area (Å²) >= 11 is 0. The minimum absolute atomic E-state index is 0. The number of rotatable bonds is 7. The Labute approximate surface area is 147 Å². The first-order valence-corrected chi connectivity index (χ1v) is 6.94. The second-order valence-electron chi connectivity index (χ2n) is 4.57. The van der Waals surface area contributed by atoms with Gasteiger partial charge in [0.1, 0.15) is 0 Å². The van der Waals surface area contributed by atoms with E-state index in [2.05, 4.69) is 11.8 Å². The molecule has 1 aromatic carbocycles. The van der Waals surface area contributed by atoms with Gasteiger partial charge in [0.15, 0.2) is 0 Å².